The molecule has 0 saturated heterocycles. The number of rotatable bonds is 4. The molecule has 0 saturated carbocycles. The summed E-state index contributed by atoms with van der Waals surface area (Å²) in [5.41, 5.74) is 8.97. The van der Waals surface area contributed by atoms with Crippen LogP contribution in [0.1, 0.15) is 37.0 Å². The smallest absolute Gasteiger partial charge is 0.222 e. The fourth-order valence-corrected chi connectivity index (χ4v) is 1.59. The van der Waals surface area contributed by atoms with Gasteiger partial charge < -0.3 is 11.1 Å². The van der Waals surface area contributed by atoms with Crippen LogP contribution in [0.4, 0.5) is 0 Å². The molecule has 1 rings (SSSR count). The maximum atomic E-state index is 11.6. The molecule has 0 aliphatic carbocycles. The normalized spacial score (nSPS) is 11.4. The molecule has 3 nitrogen and oxygen atoms in total. The molecule has 0 unspecified atom stereocenters. The van der Waals surface area contributed by atoms with Crippen molar-refractivity contribution in [1.29, 1.82) is 0 Å². The summed E-state index contributed by atoms with van der Waals surface area (Å²) in [6.45, 7) is 8.42. The van der Waals surface area contributed by atoms with E-state index in [1.807, 2.05) is 19.9 Å². The van der Waals surface area contributed by atoms with Gasteiger partial charge in [0.25, 0.3) is 0 Å². The van der Waals surface area contributed by atoms with Crippen LogP contribution in [0.25, 0.3) is 0 Å². The van der Waals surface area contributed by atoms with E-state index in [2.05, 4.69) is 31.3 Å². The fraction of sp³-hybridized carbons (Fsp3) is 0.500. The van der Waals surface area contributed by atoms with Crippen LogP contribution >= 0.6 is 0 Å². The Kier molecular flexibility index (Phi) is 4.29. The number of aryl methyl sites for hydroxylation is 2. The fourth-order valence-electron chi connectivity index (χ4n) is 1.59. The Bertz CT molecular complexity index is 405. The Hall–Kier alpha value is -1.35. The van der Waals surface area contributed by atoms with Crippen molar-refractivity contribution in [1.82, 2.24) is 5.32 Å². The molecular weight excluding hydrogens is 212 g/mol. The molecule has 1 amide bonds. The molecule has 0 fully saturated rings. The first-order valence-electron chi connectivity index (χ1n) is 5.90. The lowest BCUT2D eigenvalue weighted by molar-refractivity contribution is -0.122. The number of nitrogens with two attached hydrogens (primary N) is 1. The van der Waals surface area contributed by atoms with Gasteiger partial charge in [-0.25, -0.2) is 0 Å². The number of hydrogen-bond acceptors (Lipinski definition) is 2. The summed E-state index contributed by atoms with van der Waals surface area (Å²) >= 11 is 0. The summed E-state index contributed by atoms with van der Waals surface area (Å²) in [5.74, 6) is -0.00396. The minimum absolute atomic E-state index is 0.00396. The van der Waals surface area contributed by atoms with Crippen molar-refractivity contribution in [3.05, 3.63) is 34.9 Å². The summed E-state index contributed by atoms with van der Waals surface area (Å²) in [5, 5.41) is 2.88. The Morgan fingerprint density at radius 1 is 1.29 bits per heavy atom. The Labute approximate surface area is 103 Å². The molecule has 0 aliphatic heterocycles. The molecule has 3 N–H and O–H groups in total. The minimum atomic E-state index is -0.451. The van der Waals surface area contributed by atoms with Crippen LogP contribution < -0.4 is 11.1 Å². The van der Waals surface area contributed by atoms with Crippen LogP contribution in [0.5, 0.6) is 0 Å². The minimum Gasteiger partial charge on any atom is -0.352 e. The van der Waals surface area contributed by atoms with E-state index >= 15 is 0 Å². The summed E-state index contributed by atoms with van der Waals surface area (Å²) in [6, 6.07) is 6.21. The molecule has 94 valence electrons. The van der Waals surface area contributed by atoms with E-state index in [0.29, 0.717) is 13.0 Å². The summed E-state index contributed by atoms with van der Waals surface area (Å²) < 4.78 is 0. The molecule has 17 heavy (non-hydrogen) atoms. The molecule has 0 radical (unpaired) electrons. The number of hydrogen-bond donors (Lipinski definition) is 2. The first-order valence-corrected chi connectivity index (χ1v) is 5.90. The largest absolute Gasteiger partial charge is 0.352 e. The average Bonchev–Trinajstić information content (AvgIpc) is 2.17. The molecule has 0 bridgehead atoms. The second-order valence-electron chi connectivity index (χ2n) is 5.36. The van der Waals surface area contributed by atoms with E-state index in [0.717, 1.165) is 5.56 Å². The highest BCUT2D eigenvalue weighted by Crippen LogP contribution is 2.10. The molecule has 0 atom stereocenters. The van der Waals surface area contributed by atoms with Crippen LogP contribution in [0.2, 0.25) is 0 Å². The zero-order chi connectivity index (χ0) is 13.1. The summed E-state index contributed by atoms with van der Waals surface area (Å²) in [6.07, 6.45) is 0.345. The van der Waals surface area contributed by atoms with Gasteiger partial charge in [0.15, 0.2) is 0 Å². The third-order valence-corrected chi connectivity index (χ3v) is 2.68. The Morgan fingerprint density at radius 3 is 2.47 bits per heavy atom. The number of amides is 1. The van der Waals surface area contributed by atoms with E-state index in [-0.39, 0.29) is 5.91 Å². The number of nitrogens with one attached hydrogen (secondary N) is 1. The van der Waals surface area contributed by atoms with Gasteiger partial charge in [-0.05, 0) is 44.4 Å². The van der Waals surface area contributed by atoms with Crippen LogP contribution in [-0.4, -0.2) is 11.4 Å². The van der Waals surface area contributed by atoms with Crippen LogP contribution in [0.15, 0.2) is 18.2 Å². The summed E-state index contributed by atoms with van der Waals surface area (Å²) in [4.78, 5) is 11.6. The molecule has 1 aromatic carbocycles. The van der Waals surface area contributed by atoms with Gasteiger partial charge in [-0.15, -0.1) is 0 Å². The van der Waals surface area contributed by atoms with Gasteiger partial charge in [0.05, 0.1) is 0 Å². The van der Waals surface area contributed by atoms with E-state index in [4.69, 9.17) is 5.73 Å². The number of carbonyl (C=O) groups excluding carboxylic acids is 1. The van der Waals surface area contributed by atoms with E-state index in [9.17, 15) is 4.79 Å². The predicted octanol–water partition coefficient (Wildman–Crippen LogP) is 2.05. The molecule has 0 aliphatic rings. The van der Waals surface area contributed by atoms with Crippen molar-refractivity contribution in [2.45, 2.75) is 46.2 Å². The van der Waals surface area contributed by atoms with Crippen molar-refractivity contribution >= 4 is 5.91 Å². The van der Waals surface area contributed by atoms with Crippen molar-refractivity contribution in [2.24, 2.45) is 5.73 Å². The lowest BCUT2D eigenvalue weighted by atomic mass is 10.0. The highest BCUT2D eigenvalue weighted by atomic mass is 16.1. The number of benzene rings is 1. The van der Waals surface area contributed by atoms with Gasteiger partial charge in [-0.3, -0.25) is 4.79 Å². The second-order valence-corrected chi connectivity index (χ2v) is 5.36. The molecular formula is C14H22N2O. The highest BCUT2D eigenvalue weighted by molar-refractivity contribution is 5.77. The van der Waals surface area contributed by atoms with E-state index in [1.54, 1.807) is 0 Å². The first kappa shape index (κ1) is 13.7. The van der Waals surface area contributed by atoms with Gasteiger partial charge >= 0.3 is 0 Å². The standard InChI is InChI=1S/C14H22N2O/c1-10-5-6-12(7-11(10)2)9-16-13(17)8-14(3,4)15/h5-7H,8-9,15H2,1-4H3,(H,16,17). The lowest BCUT2D eigenvalue weighted by Crippen LogP contribution is -2.38. The third kappa shape index (κ3) is 5.00. The molecule has 0 heterocycles. The van der Waals surface area contributed by atoms with Gasteiger partial charge in [0.1, 0.15) is 0 Å². The molecule has 0 spiro atoms. The number of carbonyl (C=O) groups is 1. The topological polar surface area (TPSA) is 55.1 Å². The lowest BCUT2D eigenvalue weighted by Gasteiger charge is -2.17. The first-order chi connectivity index (χ1) is 7.78. The van der Waals surface area contributed by atoms with Gasteiger partial charge in [0.2, 0.25) is 5.91 Å². The van der Waals surface area contributed by atoms with Crippen LogP contribution in [-0.2, 0) is 11.3 Å². The van der Waals surface area contributed by atoms with Gasteiger partial charge in [0, 0.05) is 18.5 Å². The van der Waals surface area contributed by atoms with Crippen molar-refractivity contribution in [2.75, 3.05) is 0 Å². The average molecular weight is 234 g/mol. The monoisotopic (exact) mass is 234 g/mol. The third-order valence-electron chi connectivity index (χ3n) is 2.68. The second kappa shape index (κ2) is 5.32. The summed E-state index contributed by atoms with van der Waals surface area (Å²) in [7, 11) is 0. The highest BCUT2D eigenvalue weighted by Gasteiger charge is 2.15. The van der Waals surface area contributed by atoms with Crippen molar-refractivity contribution < 1.29 is 4.79 Å². The molecule has 1 aromatic rings. The maximum Gasteiger partial charge on any atom is 0.222 e. The zero-order valence-corrected chi connectivity index (χ0v) is 11.1. The predicted molar refractivity (Wildman–Crippen MR) is 70.6 cm³/mol. The Balaban J connectivity index is 2.50. The van der Waals surface area contributed by atoms with Crippen LogP contribution in [0, 0.1) is 13.8 Å². The quantitative estimate of drug-likeness (QED) is 0.837. The van der Waals surface area contributed by atoms with Crippen LogP contribution in [0.3, 0.4) is 0 Å². The Morgan fingerprint density at radius 2 is 1.94 bits per heavy atom. The van der Waals surface area contributed by atoms with Gasteiger partial charge in [-0.1, -0.05) is 18.2 Å². The van der Waals surface area contributed by atoms with Crippen molar-refractivity contribution in [3.8, 4) is 0 Å². The SMILES string of the molecule is Cc1ccc(CNC(=O)CC(C)(C)N)cc1C. The molecule has 3 heteroatoms. The maximum absolute atomic E-state index is 11.6. The zero-order valence-electron chi connectivity index (χ0n) is 11.1. The van der Waals surface area contributed by atoms with Crippen molar-refractivity contribution in [3.63, 3.8) is 0 Å². The van der Waals surface area contributed by atoms with E-state index in [1.165, 1.54) is 11.1 Å². The van der Waals surface area contributed by atoms with Gasteiger partial charge in [-0.2, -0.15) is 0 Å². The molecule has 0 aromatic heterocycles. The van der Waals surface area contributed by atoms with E-state index < -0.39 is 5.54 Å².